The molecule has 28 heavy (non-hydrogen) atoms. The predicted molar refractivity (Wildman–Crippen MR) is 107 cm³/mol. The minimum atomic E-state index is -1.20. The van der Waals surface area contributed by atoms with Gasteiger partial charge in [-0.15, -0.1) is 0 Å². The van der Waals surface area contributed by atoms with Crippen LogP contribution < -0.4 is 0 Å². The zero-order valence-corrected chi connectivity index (χ0v) is 16.0. The van der Waals surface area contributed by atoms with Crippen LogP contribution in [0.4, 0.5) is 0 Å². The lowest BCUT2D eigenvalue weighted by Gasteiger charge is -2.01. The molecule has 0 amide bonds. The Labute approximate surface area is 164 Å². The molecule has 0 bridgehead atoms. The summed E-state index contributed by atoms with van der Waals surface area (Å²) in [4.78, 5) is 31.0. The van der Waals surface area contributed by atoms with Crippen molar-refractivity contribution in [2.24, 2.45) is 0 Å². The van der Waals surface area contributed by atoms with Crippen LogP contribution in [0.25, 0.3) is 6.08 Å². The highest BCUT2D eigenvalue weighted by atomic mass is 16.5. The second-order valence-electron chi connectivity index (χ2n) is 4.73. The molecule has 0 aromatic heterocycles. The Morgan fingerprint density at radius 2 is 1.71 bits per heavy atom. The summed E-state index contributed by atoms with van der Waals surface area (Å²) >= 11 is 0. The summed E-state index contributed by atoms with van der Waals surface area (Å²) < 4.78 is 8.81. The summed E-state index contributed by atoms with van der Waals surface area (Å²) in [6, 6.07) is 10.0. The van der Waals surface area contributed by atoms with Gasteiger partial charge in [-0.25, -0.2) is 14.4 Å². The molecule has 1 rings (SSSR count). The maximum absolute atomic E-state index is 11.1. The van der Waals surface area contributed by atoms with Crippen LogP contribution in [-0.2, 0) is 23.9 Å². The largest absolute Gasteiger partial charge is 0.515 e. The van der Waals surface area contributed by atoms with E-state index >= 15 is 0 Å². The lowest BCUT2D eigenvalue weighted by Crippen LogP contribution is -2.07. The molecule has 0 aliphatic heterocycles. The summed E-state index contributed by atoms with van der Waals surface area (Å²) in [5.74, 6) is -2.34. The molecule has 2 N–H and O–H groups in total. The van der Waals surface area contributed by atoms with Gasteiger partial charge in [-0.2, -0.15) is 0 Å². The molecule has 0 aliphatic rings. The maximum atomic E-state index is 11.1. The van der Waals surface area contributed by atoms with Gasteiger partial charge < -0.3 is 19.7 Å². The van der Waals surface area contributed by atoms with E-state index in [1.165, 1.54) is 12.7 Å². The SMILES string of the molecule is C=CC(=O)OC.C=Cc1ccccc1.CCCOC(=O)C(C=CC(=O)O)=CO. The zero-order valence-electron chi connectivity index (χ0n) is 16.0. The van der Waals surface area contributed by atoms with Gasteiger partial charge in [0.25, 0.3) is 0 Å². The van der Waals surface area contributed by atoms with Crippen molar-refractivity contribution in [3.05, 3.63) is 79.1 Å². The molecule has 0 aliphatic carbocycles. The number of benzene rings is 1. The summed E-state index contributed by atoms with van der Waals surface area (Å²) in [5.41, 5.74) is 0.980. The molecule has 152 valence electrons. The Kier molecular flexibility index (Phi) is 17.3. The fraction of sp³-hybridized carbons (Fsp3) is 0.190. The van der Waals surface area contributed by atoms with E-state index in [4.69, 9.17) is 10.2 Å². The predicted octanol–water partition coefficient (Wildman–Crippen LogP) is 3.70. The first-order valence-corrected chi connectivity index (χ1v) is 8.16. The third-order valence-electron chi connectivity index (χ3n) is 2.62. The molecule has 1 aromatic rings. The molecule has 0 saturated carbocycles. The van der Waals surface area contributed by atoms with Crippen LogP contribution in [-0.4, -0.2) is 41.8 Å². The van der Waals surface area contributed by atoms with Gasteiger partial charge in [0.2, 0.25) is 0 Å². The summed E-state index contributed by atoms with van der Waals surface area (Å²) in [6.45, 7) is 8.84. The molecule has 0 atom stereocenters. The van der Waals surface area contributed by atoms with E-state index in [1.54, 1.807) is 0 Å². The second kappa shape index (κ2) is 18.2. The number of carbonyl (C=O) groups is 3. The van der Waals surface area contributed by atoms with E-state index < -0.39 is 17.9 Å². The number of esters is 2. The Morgan fingerprint density at radius 3 is 2.04 bits per heavy atom. The van der Waals surface area contributed by atoms with Crippen molar-refractivity contribution in [3.63, 3.8) is 0 Å². The molecule has 0 spiro atoms. The normalized spacial score (nSPS) is 9.71. The van der Waals surface area contributed by atoms with Crippen LogP contribution >= 0.6 is 0 Å². The fourth-order valence-corrected chi connectivity index (χ4v) is 1.28. The number of ether oxygens (including phenoxy) is 2. The van der Waals surface area contributed by atoms with E-state index in [9.17, 15) is 14.4 Å². The number of carboxylic acid groups (broad SMARTS) is 1. The Morgan fingerprint density at radius 1 is 1.11 bits per heavy atom. The Hall–Kier alpha value is -3.61. The quantitative estimate of drug-likeness (QED) is 0.316. The van der Waals surface area contributed by atoms with E-state index in [0.717, 1.165) is 18.2 Å². The Bertz CT molecular complexity index is 673. The first-order valence-electron chi connectivity index (χ1n) is 8.16. The van der Waals surface area contributed by atoms with Crippen LogP contribution in [0.15, 0.2) is 73.6 Å². The first kappa shape index (κ1) is 26.6. The lowest BCUT2D eigenvalue weighted by molar-refractivity contribution is -0.138. The lowest BCUT2D eigenvalue weighted by atomic mass is 10.2. The van der Waals surface area contributed by atoms with Gasteiger partial charge in [0.05, 0.1) is 25.6 Å². The highest BCUT2D eigenvalue weighted by Crippen LogP contribution is 2.00. The Balaban J connectivity index is 0. The molecule has 7 nitrogen and oxygen atoms in total. The van der Waals surface area contributed by atoms with Crippen LogP contribution in [0.3, 0.4) is 0 Å². The number of aliphatic carboxylic acids is 1. The molecule has 0 radical (unpaired) electrons. The van der Waals surface area contributed by atoms with Crippen molar-refractivity contribution < 1.29 is 34.1 Å². The molecular weight excluding hydrogens is 364 g/mol. The van der Waals surface area contributed by atoms with Crippen molar-refractivity contribution in [1.82, 2.24) is 0 Å². The van der Waals surface area contributed by atoms with Crippen LogP contribution in [0.5, 0.6) is 0 Å². The number of hydrogen-bond acceptors (Lipinski definition) is 6. The molecule has 7 heteroatoms. The van der Waals surface area contributed by atoms with Crippen LogP contribution in [0, 0.1) is 0 Å². The van der Waals surface area contributed by atoms with Crippen molar-refractivity contribution in [2.75, 3.05) is 13.7 Å². The minimum absolute atomic E-state index is 0.194. The van der Waals surface area contributed by atoms with E-state index in [2.05, 4.69) is 22.6 Å². The number of aliphatic hydroxyl groups excluding tert-OH is 1. The number of hydrogen-bond donors (Lipinski definition) is 2. The van der Waals surface area contributed by atoms with Gasteiger partial charge in [0, 0.05) is 12.2 Å². The fourth-order valence-electron chi connectivity index (χ4n) is 1.28. The van der Waals surface area contributed by atoms with Crippen molar-refractivity contribution >= 4 is 24.0 Å². The van der Waals surface area contributed by atoms with Gasteiger partial charge >= 0.3 is 17.9 Å². The molecule has 1 aromatic carbocycles. The number of rotatable bonds is 7. The van der Waals surface area contributed by atoms with Gasteiger partial charge in [-0.05, 0) is 18.1 Å². The third-order valence-corrected chi connectivity index (χ3v) is 2.62. The van der Waals surface area contributed by atoms with Crippen molar-refractivity contribution in [3.8, 4) is 0 Å². The third kappa shape index (κ3) is 15.9. The highest BCUT2D eigenvalue weighted by Gasteiger charge is 2.07. The second-order valence-corrected chi connectivity index (χ2v) is 4.73. The molecular formula is C21H26O7. The monoisotopic (exact) mass is 390 g/mol. The molecule has 0 unspecified atom stereocenters. The van der Waals surface area contributed by atoms with Crippen LogP contribution in [0.2, 0.25) is 0 Å². The van der Waals surface area contributed by atoms with Gasteiger partial charge in [0.1, 0.15) is 0 Å². The topological polar surface area (TPSA) is 110 Å². The average molecular weight is 390 g/mol. The highest BCUT2D eigenvalue weighted by molar-refractivity contribution is 5.93. The summed E-state index contributed by atoms with van der Waals surface area (Å²) in [7, 11) is 1.31. The number of carbonyl (C=O) groups excluding carboxylic acids is 2. The smallest absolute Gasteiger partial charge is 0.341 e. The first-order chi connectivity index (χ1) is 13.4. The molecule has 0 saturated heterocycles. The number of carboxylic acids is 1. The zero-order chi connectivity index (χ0) is 21.8. The van der Waals surface area contributed by atoms with Gasteiger partial charge in [-0.3, -0.25) is 0 Å². The van der Waals surface area contributed by atoms with E-state index in [0.29, 0.717) is 12.7 Å². The molecule has 0 heterocycles. The average Bonchev–Trinajstić information content (AvgIpc) is 2.73. The van der Waals surface area contributed by atoms with E-state index in [-0.39, 0.29) is 12.2 Å². The number of methoxy groups -OCH3 is 1. The molecule has 0 fully saturated rings. The maximum Gasteiger partial charge on any atom is 0.341 e. The summed E-state index contributed by atoms with van der Waals surface area (Å²) in [6.07, 6.45) is 5.83. The van der Waals surface area contributed by atoms with Crippen LogP contribution in [0.1, 0.15) is 18.9 Å². The van der Waals surface area contributed by atoms with Crippen molar-refractivity contribution in [1.29, 1.82) is 0 Å². The number of aliphatic hydroxyl groups is 1. The summed E-state index contributed by atoms with van der Waals surface area (Å²) in [5, 5.41) is 16.9. The minimum Gasteiger partial charge on any atom is -0.515 e. The standard InChI is InChI=1S/C9H12O5.C8H8.C4H6O2/c1-2-5-14-9(13)7(6-10)3-4-8(11)12;1-2-8-6-4-3-5-7-8;1-3-4(5)6-2/h3-4,6,10H,2,5H2,1H3,(H,11,12);2-7H,1H2;3H,1H2,2H3. The van der Waals surface area contributed by atoms with Crippen molar-refractivity contribution in [2.45, 2.75) is 13.3 Å². The van der Waals surface area contributed by atoms with E-state index in [1.807, 2.05) is 43.3 Å². The van der Waals surface area contributed by atoms with Gasteiger partial charge in [0.15, 0.2) is 0 Å². The van der Waals surface area contributed by atoms with Gasteiger partial charge in [-0.1, -0.05) is 56.5 Å².